The molecule has 0 aliphatic heterocycles. The maximum Gasteiger partial charge on any atom is 0.138 e. The van der Waals surface area contributed by atoms with Crippen molar-refractivity contribution in [3.63, 3.8) is 0 Å². The minimum absolute atomic E-state index is 0.103. The van der Waals surface area contributed by atoms with E-state index in [0.717, 1.165) is 24.4 Å². The molecule has 5 heteroatoms. The minimum atomic E-state index is -0.515. The van der Waals surface area contributed by atoms with Gasteiger partial charge in [-0.05, 0) is 53.7 Å². The van der Waals surface area contributed by atoms with Crippen molar-refractivity contribution in [1.82, 2.24) is 5.32 Å². The van der Waals surface area contributed by atoms with Crippen LogP contribution in [0.1, 0.15) is 19.6 Å². The van der Waals surface area contributed by atoms with Crippen LogP contribution < -0.4 is 5.32 Å². The molecule has 0 bridgehead atoms. The maximum absolute atomic E-state index is 13.8. The van der Waals surface area contributed by atoms with Crippen LogP contribution in [0.5, 0.6) is 0 Å². The molecule has 0 spiro atoms. The van der Waals surface area contributed by atoms with Crippen LogP contribution in [0.2, 0.25) is 0 Å². The molecular weight excluding hydrogens is 328 g/mol. The van der Waals surface area contributed by atoms with Crippen molar-refractivity contribution < 1.29 is 13.2 Å². The molecule has 2 nitrogen and oxygen atoms in total. The van der Waals surface area contributed by atoms with E-state index >= 15 is 0 Å². The van der Waals surface area contributed by atoms with Crippen LogP contribution in [-0.4, -0.2) is 12.6 Å². The Morgan fingerprint density at radius 2 is 2.00 bits per heavy atom. The summed E-state index contributed by atoms with van der Waals surface area (Å²) >= 11 is 2.95. The number of rotatable bonds is 5. The summed E-state index contributed by atoms with van der Waals surface area (Å²) in [5.74, 6) is 0.0584. The van der Waals surface area contributed by atoms with Gasteiger partial charge in [-0.25, -0.2) is 8.78 Å². The summed E-state index contributed by atoms with van der Waals surface area (Å²) in [6.45, 7) is 4.96. The zero-order valence-corrected chi connectivity index (χ0v) is 12.9. The molecule has 0 fully saturated rings. The number of hydrogen-bond acceptors (Lipinski definition) is 2. The standard InChI is InChI=1S/C15H16BrF2NO/c1-3-19-9(2)6-10-4-5-15(20-10)11-7-14(18)12(16)8-13(11)17/h4-5,7-9,19H,3,6H2,1-2H3. The molecule has 2 aromatic rings. The molecule has 20 heavy (non-hydrogen) atoms. The van der Waals surface area contributed by atoms with Crippen LogP contribution in [0, 0.1) is 11.6 Å². The molecule has 1 atom stereocenters. The smallest absolute Gasteiger partial charge is 0.138 e. The summed E-state index contributed by atoms with van der Waals surface area (Å²) in [4.78, 5) is 0. The predicted octanol–water partition coefficient (Wildman–Crippen LogP) is 4.53. The molecule has 108 valence electrons. The highest BCUT2D eigenvalue weighted by Crippen LogP contribution is 2.29. The molecule has 0 aliphatic rings. The summed E-state index contributed by atoms with van der Waals surface area (Å²) in [5, 5.41) is 3.27. The highest BCUT2D eigenvalue weighted by molar-refractivity contribution is 9.10. The number of hydrogen-bond donors (Lipinski definition) is 1. The Morgan fingerprint density at radius 3 is 2.70 bits per heavy atom. The molecule has 1 aromatic heterocycles. The summed E-state index contributed by atoms with van der Waals surface area (Å²) in [7, 11) is 0. The fraction of sp³-hybridized carbons (Fsp3) is 0.333. The first-order chi connectivity index (χ1) is 9.51. The van der Waals surface area contributed by atoms with Gasteiger partial charge >= 0.3 is 0 Å². The van der Waals surface area contributed by atoms with Gasteiger partial charge < -0.3 is 9.73 Å². The molecule has 0 aliphatic carbocycles. The van der Waals surface area contributed by atoms with Crippen molar-refractivity contribution in [2.45, 2.75) is 26.3 Å². The van der Waals surface area contributed by atoms with Crippen molar-refractivity contribution in [3.8, 4) is 11.3 Å². The topological polar surface area (TPSA) is 25.2 Å². The van der Waals surface area contributed by atoms with Gasteiger partial charge in [0, 0.05) is 12.5 Å². The van der Waals surface area contributed by atoms with Gasteiger partial charge in [-0.15, -0.1) is 0 Å². The zero-order chi connectivity index (χ0) is 14.7. The van der Waals surface area contributed by atoms with Gasteiger partial charge in [0.1, 0.15) is 23.2 Å². The molecule has 0 saturated heterocycles. The monoisotopic (exact) mass is 343 g/mol. The van der Waals surface area contributed by atoms with E-state index in [1.54, 1.807) is 12.1 Å². The second-order valence-electron chi connectivity index (χ2n) is 4.67. The first kappa shape index (κ1) is 15.2. The summed E-state index contributed by atoms with van der Waals surface area (Å²) in [6.07, 6.45) is 0.703. The molecule has 2 rings (SSSR count). The molecule has 1 heterocycles. The lowest BCUT2D eigenvalue weighted by Gasteiger charge is -2.09. The number of likely N-dealkylation sites (N-methyl/N-ethyl adjacent to an activating group) is 1. The van der Waals surface area contributed by atoms with Crippen molar-refractivity contribution in [3.05, 3.63) is 46.1 Å². The van der Waals surface area contributed by atoms with Gasteiger partial charge in [0.2, 0.25) is 0 Å². The summed E-state index contributed by atoms with van der Waals surface area (Å²) in [5.41, 5.74) is 0.132. The number of nitrogens with one attached hydrogen (secondary N) is 1. The first-order valence-corrected chi connectivity index (χ1v) is 7.27. The Hall–Kier alpha value is -1.20. The largest absolute Gasteiger partial charge is 0.461 e. The average Bonchev–Trinajstić information content (AvgIpc) is 2.82. The van der Waals surface area contributed by atoms with Gasteiger partial charge in [0.05, 0.1) is 10.0 Å². The molecule has 1 unspecified atom stereocenters. The maximum atomic E-state index is 13.8. The highest BCUT2D eigenvalue weighted by atomic mass is 79.9. The fourth-order valence-electron chi connectivity index (χ4n) is 2.07. The van der Waals surface area contributed by atoms with Crippen LogP contribution in [0.15, 0.2) is 33.2 Å². The molecule has 0 saturated carbocycles. The van der Waals surface area contributed by atoms with E-state index < -0.39 is 11.6 Å². The molecule has 0 radical (unpaired) electrons. The van der Waals surface area contributed by atoms with Gasteiger partial charge in [-0.1, -0.05) is 6.92 Å². The Bertz CT molecular complexity index is 598. The quantitative estimate of drug-likeness (QED) is 0.807. The van der Waals surface area contributed by atoms with Crippen LogP contribution in [0.25, 0.3) is 11.3 Å². The SMILES string of the molecule is CCNC(C)Cc1ccc(-c2cc(F)c(Br)cc2F)o1. The van der Waals surface area contributed by atoms with Gasteiger partial charge in [-0.3, -0.25) is 0 Å². The highest BCUT2D eigenvalue weighted by Gasteiger charge is 2.14. The predicted molar refractivity (Wildman–Crippen MR) is 78.6 cm³/mol. The third kappa shape index (κ3) is 3.46. The van der Waals surface area contributed by atoms with Gasteiger partial charge in [-0.2, -0.15) is 0 Å². The number of halogens is 3. The summed E-state index contributed by atoms with van der Waals surface area (Å²) < 4.78 is 33.0. The third-order valence-electron chi connectivity index (χ3n) is 3.00. The van der Waals surface area contributed by atoms with E-state index in [-0.39, 0.29) is 16.1 Å². The Morgan fingerprint density at radius 1 is 1.25 bits per heavy atom. The Kier molecular flexibility index (Phi) is 4.94. The number of benzene rings is 1. The van der Waals surface area contributed by atoms with E-state index in [1.165, 1.54) is 0 Å². The molecular formula is C15H16BrF2NO. The molecule has 1 aromatic carbocycles. The van der Waals surface area contributed by atoms with E-state index in [2.05, 4.69) is 21.2 Å². The lowest BCUT2D eigenvalue weighted by atomic mass is 10.1. The second kappa shape index (κ2) is 6.50. The van der Waals surface area contributed by atoms with Crippen LogP contribution >= 0.6 is 15.9 Å². The van der Waals surface area contributed by atoms with Crippen molar-refractivity contribution in [2.24, 2.45) is 0 Å². The van der Waals surface area contributed by atoms with E-state index in [9.17, 15) is 8.78 Å². The van der Waals surface area contributed by atoms with Gasteiger partial charge in [0.15, 0.2) is 0 Å². The lowest BCUT2D eigenvalue weighted by molar-refractivity contribution is 0.468. The normalized spacial score (nSPS) is 12.7. The van der Waals surface area contributed by atoms with Crippen molar-refractivity contribution >= 4 is 15.9 Å². The molecule has 1 N–H and O–H groups in total. The Balaban J connectivity index is 2.22. The number of furan rings is 1. The second-order valence-corrected chi connectivity index (χ2v) is 5.53. The minimum Gasteiger partial charge on any atom is -0.461 e. The molecule has 0 amide bonds. The fourth-order valence-corrected chi connectivity index (χ4v) is 2.38. The zero-order valence-electron chi connectivity index (χ0n) is 11.3. The van der Waals surface area contributed by atoms with Crippen LogP contribution in [-0.2, 0) is 6.42 Å². The summed E-state index contributed by atoms with van der Waals surface area (Å²) in [6, 6.07) is 5.97. The van der Waals surface area contributed by atoms with Crippen LogP contribution in [0.4, 0.5) is 8.78 Å². The van der Waals surface area contributed by atoms with E-state index in [1.807, 2.05) is 13.8 Å². The van der Waals surface area contributed by atoms with Crippen molar-refractivity contribution in [1.29, 1.82) is 0 Å². The Labute approximate surface area is 125 Å². The van der Waals surface area contributed by atoms with Gasteiger partial charge in [0.25, 0.3) is 0 Å². The van der Waals surface area contributed by atoms with E-state index in [4.69, 9.17) is 4.42 Å². The van der Waals surface area contributed by atoms with Crippen molar-refractivity contribution in [2.75, 3.05) is 6.54 Å². The van der Waals surface area contributed by atoms with E-state index in [0.29, 0.717) is 12.2 Å². The average molecular weight is 344 g/mol. The first-order valence-electron chi connectivity index (χ1n) is 6.48. The third-order valence-corrected chi connectivity index (χ3v) is 3.60. The van der Waals surface area contributed by atoms with Crippen LogP contribution in [0.3, 0.4) is 0 Å². The lowest BCUT2D eigenvalue weighted by Crippen LogP contribution is -2.27.